The summed E-state index contributed by atoms with van der Waals surface area (Å²) in [4.78, 5) is 4.25. The molecule has 0 radical (unpaired) electrons. The number of pyridine rings is 1. The fraction of sp³-hybridized carbons (Fsp3) is 0.429. The van der Waals surface area contributed by atoms with E-state index in [4.69, 9.17) is 0 Å². The van der Waals surface area contributed by atoms with E-state index >= 15 is 0 Å². The van der Waals surface area contributed by atoms with Crippen molar-refractivity contribution in [3.05, 3.63) is 47.5 Å². The van der Waals surface area contributed by atoms with Crippen LogP contribution in [0.15, 0.2) is 30.7 Å². The van der Waals surface area contributed by atoms with Crippen LogP contribution in [0.4, 0.5) is 0 Å². The third kappa shape index (κ3) is 3.17. The lowest BCUT2D eigenvalue weighted by atomic mass is 10.0. The highest BCUT2D eigenvalue weighted by molar-refractivity contribution is 5.22. The molecule has 2 rings (SSSR count). The van der Waals surface area contributed by atoms with Crippen molar-refractivity contribution in [2.75, 3.05) is 6.54 Å². The van der Waals surface area contributed by atoms with Gasteiger partial charge in [0.15, 0.2) is 0 Å². The highest BCUT2D eigenvalue weighted by Crippen LogP contribution is 2.18. The van der Waals surface area contributed by atoms with E-state index < -0.39 is 0 Å². The van der Waals surface area contributed by atoms with E-state index in [0.717, 1.165) is 18.7 Å². The minimum Gasteiger partial charge on any atom is -0.310 e. The Morgan fingerprint density at radius 2 is 2.28 bits per heavy atom. The number of aromatic nitrogens is 3. The molecule has 2 heterocycles. The Morgan fingerprint density at radius 3 is 2.89 bits per heavy atom. The highest BCUT2D eigenvalue weighted by Gasteiger charge is 2.12. The molecule has 0 aliphatic heterocycles. The van der Waals surface area contributed by atoms with Crippen molar-refractivity contribution < 1.29 is 0 Å². The van der Waals surface area contributed by atoms with Gasteiger partial charge in [-0.2, -0.15) is 5.10 Å². The van der Waals surface area contributed by atoms with Crippen LogP contribution in [-0.2, 0) is 13.5 Å². The molecule has 96 valence electrons. The molecule has 4 heteroatoms. The van der Waals surface area contributed by atoms with E-state index in [1.54, 1.807) is 0 Å². The van der Waals surface area contributed by atoms with Crippen molar-refractivity contribution >= 4 is 0 Å². The van der Waals surface area contributed by atoms with Crippen molar-refractivity contribution in [1.29, 1.82) is 0 Å². The first-order chi connectivity index (χ1) is 8.69. The molecule has 0 aliphatic rings. The second-order valence-electron chi connectivity index (χ2n) is 4.57. The van der Waals surface area contributed by atoms with Gasteiger partial charge < -0.3 is 5.32 Å². The molecular formula is C14H20N4. The number of nitrogens with one attached hydrogen (secondary N) is 1. The van der Waals surface area contributed by atoms with Gasteiger partial charge in [0.05, 0.1) is 6.20 Å². The molecule has 2 aromatic rings. The monoisotopic (exact) mass is 244 g/mol. The molecule has 0 bridgehead atoms. The molecule has 18 heavy (non-hydrogen) atoms. The number of rotatable bonds is 5. The fourth-order valence-corrected chi connectivity index (χ4v) is 2.15. The fourth-order valence-electron chi connectivity index (χ4n) is 2.15. The van der Waals surface area contributed by atoms with Gasteiger partial charge >= 0.3 is 0 Å². The lowest BCUT2D eigenvalue weighted by Crippen LogP contribution is -2.23. The standard InChI is InChI=1S/C14H20N4/c1-4-15-14(8-12-9-17-18(3)10-12)13-5-6-16-11(2)7-13/h5-7,9-10,14-15H,4,8H2,1-3H3. The minimum absolute atomic E-state index is 0.320. The van der Waals surface area contributed by atoms with Crippen LogP contribution in [-0.4, -0.2) is 21.3 Å². The summed E-state index contributed by atoms with van der Waals surface area (Å²) in [6.45, 7) is 5.10. The smallest absolute Gasteiger partial charge is 0.0522 e. The maximum atomic E-state index is 4.25. The van der Waals surface area contributed by atoms with Crippen LogP contribution in [0.25, 0.3) is 0 Å². The molecule has 1 unspecified atom stereocenters. The summed E-state index contributed by atoms with van der Waals surface area (Å²) >= 11 is 0. The van der Waals surface area contributed by atoms with E-state index in [1.165, 1.54) is 11.1 Å². The zero-order valence-corrected chi connectivity index (χ0v) is 11.2. The zero-order chi connectivity index (χ0) is 13.0. The summed E-state index contributed by atoms with van der Waals surface area (Å²) in [6.07, 6.45) is 6.82. The van der Waals surface area contributed by atoms with Gasteiger partial charge in [-0.1, -0.05) is 6.92 Å². The van der Waals surface area contributed by atoms with Crippen LogP contribution >= 0.6 is 0 Å². The van der Waals surface area contributed by atoms with Crippen LogP contribution in [0.5, 0.6) is 0 Å². The summed E-state index contributed by atoms with van der Waals surface area (Å²) in [5.41, 5.74) is 3.59. The summed E-state index contributed by atoms with van der Waals surface area (Å²) in [5, 5.41) is 7.74. The van der Waals surface area contributed by atoms with Gasteiger partial charge in [0, 0.05) is 31.2 Å². The van der Waals surface area contributed by atoms with Gasteiger partial charge in [-0.05, 0) is 43.1 Å². The van der Waals surface area contributed by atoms with Crippen molar-refractivity contribution in [3.63, 3.8) is 0 Å². The maximum absolute atomic E-state index is 4.25. The van der Waals surface area contributed by atoms with Crippen LogP contribution in [0.3, 0.4) is 0 Å². The molecule has 0 aromatic carbocycles. The van der Waals surface area contributed by atoms with Gasteiger partial charge in [-0.25, -0.2) is 0 Å². The Kier molecular flexibility index (Phi) is 4.10. The first kappa shape index (κ1) is 12.8. The highest BCUT2D eigenvalue weighted by atomic mass is 15.2. The van der Waals surface area contributed by atoms with Crippen LogP contribution in [0.1, 0.15) is 29.8 Å². The Hall–Kier alpha value is -1.68. The molecule has 0 spiro atoms. The van der Waals surface area contributed by atoms with Crippen molar-refractivity contribution in [2.45, 2.75) is 26.3 Å². The molecule has 0 fully saturated rings. The Bertz CT molecular complexity index is 504. The lowest BCUT2D eigenvalue weighted by molar-refractivity contribution is 0.548. The summed E-state index contributed by atoms with van der Waals surface area (Å²) in [5.74, 6) is 0. The Balaban J connectivity index is 2.17. The molecule has 2 aromatic heterocycles. The third-order valence-electron chi connectivity index (χ3n) is 2.97. The maximum Gasteiger partial charge on any atom is 0.0522 e. The molecule has 0 aliphatic carbocycles. The van der Waals surface area contributed by atoms with Gasteiger partial charge in [0.25, 0.3) is 0 Å². The van der Waals surface area contributed by atoms with Gasteiger partial charge in [-0.15, -0.1) is 0 Å². The number of aryl methyl sites for hydroxylation is 2. The second kappa shape index (κ2) is 5.78. The largest absolute Gasteiger partial charge is 0.310 e. The molecule has 0 saturated heterocycles. The van der Waals surface area contributed by atoms with Crippen LogP contribution < -0.4 is 5.32 Å². The molecule has 1 N–H and O–H groups in total. The lowest BCUT2D eigenvalue weighted by Gasteiger charge is -2.17. The first-order valence-corrected chi connectivity index (χ1v) is 6.32. The molecule has 0 amide bonds. The topological polar surface area (TPSA) is 42.7 Å². The predicted molar refractivity (Wildman–Crippen MR) is 72.3 cm³/mol. The number of likely N-dealkylation sites (N-methyl/N-ethyl adjacent to an activating group) is 1. The SMILES string of the molecule is CCNC(Cc1cnn(C)c1)c1ccnc(C)c1. The summed E-state index contributed by atoms with van der Waals surface area (Å²) in [6, 6.07) is 4.54. The molecule has 1 atom stereocenters. The number of nitrogens with zero attached hydrogens (tertiary/aromatic N) is 3. The van der Waals surface area contributed by atoms with E-state index in [0.29, 0.717) is 6.04 Å². The van der Waals surface area contributed by atoms with E-state index in [-0.39, 0.29) is 0 Å². The van der Waals surface area contributed by atoms with Crippen molar-refractivity contribution in [1.82, 2.24) is 20.1 Å². The van der Waals surface area contributed by atoms with Gasteiger partial charge in [-0.3, -0.25) is 9.67 Å². The quantitative estimate of drug-likeness (QED) is 0.875. The van der Waals surface area contributed by atoms with Crippen molar-refractivity contribution in [3.8, 4) is 0 Å². The minimum atomic E-state index is 0.320. The predicted octanol–water partition coefficient (Wildman–Crippen LogP) is 2.02. The zero-order valence-electron chi connectivity index (χ0n) is 11.2. The first-order valence-electron chi connectivity index (χ1n) is 6.32. The van der Waals surface area contributed by atoms with E-state index in [1.807, 2.05) is 31.0 Å². The third-order valence-corrected chi connectivity index (χ3v) is 2.97. The van der Waals surface area contributed by atoms with Crippen LogP contribution in [0, 0.1) is 6.92 Å². The van der Waals surface area contributed by atoms with Gasteiger partial charge in [0.1, 0.15) is 0 Å². The molecule has 4 nitrogen and oxygen atoms in total. The van der Waals surface area contributed by atoms with Gasteiger partial charge in [0.2, 0.25) is 0 Å². The Morgan fingerprint density at radius 1 is 1.44 bits per heavy atom. The number of hydrogen-bond donors (Lipinski definition) is 1. The number of hydrogen-bond acceptors (Lipinski definition) is 3. The average Bonchev–Trinajstić information content (AvgIpc) is 2.74. The normalized spacial score (nSPS) is 12.6. The summed E-state index contributed by atoms with van der Waals surface area (Å²) < 4.78 is 1.84. The summed E-state index contributed by atoms with van der Waals surface area (Å²) in [7, 11) is 1.95. The average molecular weight is 244 g/mol. The Labute approximate surface area is 108 Å². The van der Waals surface area contributed by atoms with Crippen LogP contribution in [0.2, 0.25) is 0 Å². The van der Waals surface area contributed by atoms with E-state index in [9.17, 15) is 0 Å². The second-order valence-corrected chi connectivity index (χ2v) is 4.57. The van der Waals surface area contributed by atoms with E-state index in [2.05, 4.69) is 40.7 Å². The van der Waals surface area contributed by atoms with Crippen molar-refractivity contribution in [2.24, 2.45) is 7.05 Å². The molecule has 0 saturated carbocycles. The molecular weight excluding hydrogens is 224 g/mol.